The van der Waals surface area contributed by atoms with Crippen LogP contribution in [0.1, 0.15) is 32.6 Å². The summed E-state index contributed by atoms with van der Waals surface area (Å²) in [7, 11) is 0. The first-order valence-electron chi connectivity index (χ1n) is 8.42. The molecule has 0 aliphatic rings. The minimum absolute atomic E-state index is 0.0552. The molecule has 7 heteroatoms. The lowest BCUT2D eigenvalue weighted by atomic mass is 10.00. The molecule has 3 aromatic rings. The van der Waals surface area contributed by atoms with Crippen LogP contribution >= 0.6 is 15.9 Å². The van der Waals surface area contributed by atoms with Gasteiger partial charge in [0.1, 0.15) is 6.54 Å². The summed E-state index contributed by atoms with van der Waals surface area (Å²) in [5.41, 5.74) is 0.972. The van der Waals surface area contributed by atoms with Crippen LogP contribution in [-0.4, -0.2) is 24.2 Å². The SMILES string of the molecule is O=C(CNC(=O)c1ccc(Br)o1)O[C@H](C(=O)c1ccccc1)c1ccccc1. The predicted octanol–water partition coefficient (Wildman–Crippen LogP) is 3.94. The van der Waals surface area contributed by atoms with E-state index in [4.69, 9.17) is 9.15 Å². The van der Waals surface area contributed by atoms with Gasteiger partial charge in [-0.3, -0.25) is 14.4 Å². The first-order chi connectivity index (χ1) is 13.5. The highest BCUT2D eigenvalue weighted by atomic mass is 79.9. The van der Waals surface area contributed by atoms with Crippen molar-refractivity contribution >= 4 is 33.6 Å². The molecule has 0 unspecified atom stereocenters. The number of rotatable bonds is 7. The third-order valence-electron chi connectivity index (χ3n) is 3.84. The maximum absolute atomic E-state index is 12.9. The maximum atomic E-state index is 12.9. The quantitative estimate of drug-likeness (QED) is 0.443. The molecule has 28 heavy (non-hydrogen) atoms. The Kier molecular flexibility index (Phi) is 6.39. The second kappa shape index (κ2) is 9.14. The molecule has 0 aliphatic heterocycles. The fourth-order valence-electron chi connectivity index (χ4n) is 2.50. The molecule has 1 amide bonds. The molecule has 1 atom stereocenters. The van der Waals surface area contributed by atoms with Crippen LogP contribution < -0.4 is 5.32 Å². The Bertz CT molecular complexity index is 969. The number of furan rings is 1. The topological polar surface area (TPSA) is 85.6 Å². The Morgan fingerprint density at radius 1 is 0.929 bits per heavy atom. The molecule has 2 aromatic carbocycles. The molecule has 0 bridgehead atoms. The Labute approximate surface area is 169 Å². The summed E-state index contributed by atoms with van der Waals surface area (Å²) in [6.45, 7) is -0.400. The van der Waals surface area contributed by atoms with Crippen LogP contribution in [0.4, 0.5) is 0 Å². The highest BCUT2D eigenvalue weighted by Crippen LogP contribution is 2.22. The van der Waals surface area contributed by atoms with Crippen molar-refractivity contribution in [3.8, 4) is 0 Å². The highest BCUT2D eigenvalue weighted by molar-refractivity contribution is 9.10. The Morgan fingerprint density at radius 3 is 2.18 bits per heavy atom. The second-order valence-electron chi connectivity index (χ2n) is 5.80. The van der Waals surface area contributed by atoms with E-state index in [-0.39, 0.29) is 11.5 Å². The van der Waals surface area contributed by atoms with Crippen molar-refractivity contribution in [1.82, 2.24) is 5.32 Å². The largest absolute Gasteiger partial charge is 0.448 e. The Balaban J connectivity index is 1.69. The Hall–Kier alpha value is -3.19. The summed E-state index contributed by atoms with van der Waals surface area (Å²) < 4.78 is 10.9. The molecule has 0 radical (unpaired) electrons. The van der Waals surface area contributed by atoms with Gasteiger partial charge in [0.15, 0.2) is 16.5 Å². The van der Waals surface area contributed by atoms with Gasteiger partial charge in [-0.15, -0.1) is 0 Å². The van der Waals surface area contributed by atoms with Crippen molar-refractivity contribution in [3.63, 3.8) is 0 Å². The van der Waals surface area contributed by atoms with Gasteiger partial charge in [-0.1, -0.05) is 60.7 Å². The molecule has 3 rings (SSSR count). The van der Waals surface area contributed by atoms with E-state index in [0.29, 0.717) is 15.8 Å². The van der Waals surface area contributed by atoms with Crippen molar-refractivity contribution in [2.45, 2.75) is 6.10 Å². The fraction of sp³-hybridized carbons (Fsp3) is 0.0952. The minimum atomic E-state index is -1.11. The van der Waals surface area contributed by atoms with Crippen LogP contribution in [0.15, 0.2) is 81.9 Å². The van der Waals surface area contributed by atoms with Gasteiger partial charge in [-0.2, -0.15) is 0 Å². The maximum Gasteiger partial charge on any atom is 0.326 e. The molecule has 0 spiro atoms. The molecule has 0 saturated heterocycles. The minimum Gasteiger partial charge on any atom is -0.448 e. The van der Waals surface area contributed by atoms with Gasteiger partial charge in [-0.05, 0) is 28.1 Å². The summed E-state index contributed by atoms with van der Waals surface area (Å²) in [4.78, 5) is 37.1. The molecule has 0 saturated carbocycles. The van der Waals surface area contributed by atoms with Gasteiger partial charge >= 0.3 is 5.97 Å². The number of hydrogen-bond acceptors (Lipinski definition) is 5. The van der Waals surface area contributed by atoms with Crippen LogP contribution in [0.2, 0.25) is 0 Å². The smallest absolute Gasteiger partial charge is 0.326 e. The zero-order valence-corrected chi connectivity index (χ0v) is 16.2. The van der Waals surface area contributed by atoms with Crippen molar-refractivity contribution in [3.05, 3.63) is 94.4 Å². The van der Waals surface area contributed by atoms with Gasteiger partial charge < -0.3 is 14.5 Å². The van der Waals surface area contributed by atoms with E-state index < -0.39 is 24.5 Å². The molecule has 1 aromatic heterocycles. The van der Waals surface area contributed by atoms with Crippen LogP contribution in [0, 0.1) is 0 Å². The lowest BCUT2D eigenvalue weighted by molar-refractivity contribution is -0.146. The lowest BCUT2D eigenvalue weighted by Crippen LogP contribution is -2.32. The van der Waals surface area contributed by atoms with Gasteiger partial charge in [0, 0.05) is 11.1 Å². The van der Waals surface area contributed by atoms with E-state index in [0.717, 1.165) is 0 Å². The molecule has 6 nitrogen and oxygen atoms in total. The third kappa shape index (κ3) is 4.95. The number of benzene rings is 2. The normalized spacial score (nSPS) is 11.5. The summed E-state index contributed by atoms with van der Waals surface area (Å²) in [6, 6.07) is 20.3. The van der Waals surface area contributed by atoms with Gasteiger partial charge in [0.05, 0.1) is 0 Å². The van der Waals surface area contributed by atoms with E-state index in [2.05, 4.69) is 21.2 Å². The average molecular weight is 442 g/mol. The van der Waals surface area contributed by atoms with Gasteiger partial charge in [0.25, 0.3) is 5.91 Å². The van der Waals surface area contributed by atoms with E-state index in [9.17, 15) is 14.4 Å². The lowest BCUT2D eigenvalue weighted by Gasteiger charge is -2.17. The van der Waals surface area contributed by atoms with E-state index >= 15 is 0 Å². The van der Waals surface area contributed by atoms with Crippen molar-refractivity contribution in [1.29, 1.82) is 0 Å². The van der Waals surface area contributed by atoms with Gasteiger partial charge in [0.2, 0.25) is 5.78 Å². The fourth-order valence-corrected chi connectivity index (χ4v) is 2.81. The summed E-state index contributed by atoms with van der Waals surface area (Å²) in [5, 5.41) is 2.41. The number of ketones is 1. The average Bonchev–Trinajstić information content (AvgIpc) is 3.17. The number of halogens is 1. The molecule has 0 aliphatic carbocycles. The number of carbonyl (C=O) groups excluding carboxylic acids is 3. The number of Topliss-reactive ketones (excluding diaryl/α,β-unsaturated/α-hetero) is 1. The monoisotopic (exact) mass is 441 g/mol. The molecular formula is C21H16BrNO5. The summed E-state index contributed by atoms with van der Waals surface area (Å²) in [5.74, 6) is -1.59. The third-order valence-corrected chi connectivity index (χ3v) is 4.26. The first kappa shape index (κ1) is 19.6. The summed E-state index contributed by atoms with van der Waals surface area (Å²) >= 11 is 3.10. The second-order valence-corrected chi connectivity index (χ2v) is 6.58. The molecule has 1 heterocycles. The zero-order chi connectivity index (χ0) is 19.9. The zero-order valence-electron chi connectivity index (χ0n) is 14.6. The number of esters is 1. The molecular weight excluding hydrogens is 426 g/mol. The number of nitrogens with one attached hydrogen (secondary N) is 1. The number of ether oxygens (including phenoxy) is 1. The highest BCUT2D eigenvalue weighted by Gasteiger charge is 2.26. The van der Waals surface area contributed by atoms with Crippen LogP contribution in [0.3, 0.4) is 0 Å². The summed E-state index contributed by atoms with van der Waals surface area (Å²) in [6.07, 6.45) is -1.11. The number of carbonyl (C=O) groups is 3. The number of hydrogen-bond donors (Lipinski definition) is 1. The van der Waals surface area contributed by atoms with Crippen LogP contribution in [0.5, 0.6) is 0 Å². The van der Waals surface area contributed by atoms with E-state index in [1.165, 1.54) is 6.07 Å². The van der Waals surface area contributed by atoms with E-state index in [1.54, 1.807) is 66.7 Å². The van der Waals surface area contributed by atoms with Crippen molar-refractivity contribution in [2.24, 2.45) is 0 Å². The molecule has 142 valence electrons. The van der Waals surface area contributed by atoms with Gasteiger partial charge in [-0.25, -0.2) is 0 Å². The van der Waals surface area contributed by atoms with Crippen molar-refractivity contribution < 1.29 is 23.5 Å². The standard InChI is InChI=1S/C21H16BrNO5/c22-17-12-11-16(27-17)21(26)23-13-18(24)28-20(15-9-5-2-6-10-15)19(25)14-7-3-1-4-8-14/h1-12,20H,13H2,(H,23,26)/t20-/m0/s1. The van der Waals surface area contributed by atoms with Crippen LogP contribution in [-0.2, 0) is 9.53 Å². The molecule has 1 N–H and O–H groups in total. The van der Waals surface area contributed by atoms with Crippen LogP contribution in [0.25, 0.3) is 0 Å². The van der Waals surface area contributed by atoms with E-state index in [1.807, 2.05) is 0 Å². The van der Waals surface area contributed by atoms with Crippen molar-refractivity contribution in [2.75, 3.05) is 6.54 Å². The number of amides is 1. The molecule has 0 fully saturated rings. The predicted molar refractivity (Wildman–Crippen MR) is 105 cm³/mol. The Morgan fingerprint density at radius 2 is 1.57 bits per heavy atom. The first-order valence-corrected chi connectivity index (χ1v) is 9.21.